The van der Waals surface area contributed by atoms with Crippen LogP contribution in [-0.2, 0) is 13.0 Å². The van der Waals surface area contributed by atoms with Crippen molar-refractivity contribution in [3.05, 3.63) is 54.1 Å². The maximum absolute atomic E-state index is 14.0. The van der Waals surface area contributed by atoms with Crippen LogP contribution < -0.4 is 15.8 Å². The van der Waals surface area contributed by atoms with Crippen molar-refractivity contribution in [3.8, 4) is 16.9 Å². The van der Waals surface area contributed by atoms with Crippen LogP contribution in [0.2, 0.25) is 0 Å². The molecule has 0 amide bonds. The minimum atomic E-state index is -0.854. The third kappa shape index (κ3) is 4.57. The monoisotopic (exact) mass is 437 g/mol. The molecule has 0 bridgehead atoms. The smallest absolute Gasteiger partial charge is 0.312 e. The number of H-pyrrole nitrogens is 1. The SMILES string of the molecule is COc1ccc(-c2cc[nH]c2)c(Cc2nc3c(N)nc(F)nc3n2CCNCC(C)C)c1. The Hall–Kier alpha value is -3.46. The van der Waals surface area contributed by atoms with Gasteiger partial charge < -0.3 is 25.3 Å². The number of fused-ring (bicyclic) bond motifs is 1. The molecule has 0 fully saturated rings. The first kappa shape index (κ1) is 21.8. The Bertz CT molecular complexity index is 1200. The topological polar surface area (TPSA) is 107 Å². The van der Waals surface area contributed by atoms with Crippen LogP contribution in [0.4, 0.5) is 10.2 Å². The van der Waals surface area contributed by atoms with Crippen molar-refractivity contribution in [1.82, 2.24) is 29.8 Å². The molecule has 0 aliphatic carbocycles. The lowest BCUT2D eigenvalue weighted by Crippen LogP contribution is -2.25. The van der Waals surface area contributed by atoms with Crippen molar-refractivity contribution in [2.24, 2.45) is 5.92 Å². The molecular formula is C23H28FN7O. The minimum absolute atomic E-state index is 0.0409. The van der Waals surface area contributed by atoms with Gasteiger partial charge in [0.1, 0.15) is 11.6 Å². The van der Waals surface area contributed by atoms with Crippen LogP contribution in [0, 0.1) is 12.0 Å². The third-order valence-corrected chi connectivity index (χ3v) is 5.31. The molecule has 3 aromatic heterocycles. The molecule has 4 aromatic rings. The van der Waals surface area contributed by atoms with Gasteiger partial charge in [-0.2, -0.15) is 14.4 Å². The van der Waals surface area contributed by atoms with E-state index in [1.807, 2.05) is 41.2 Å². The van der Waals surface area contributed by atoms with Gasteiger partial charge in [0.15, 0.2) is 17.0 Å². The average molecular weight is 438 g/mol. The Morgan fingerprint density at radius 1 is 1.22 bits per heavy atom. The number of methoxy groups -OCH3 is 1. The molecule has 0 unspecified atom stereocenters. The van der Waals surface area contributed by atoms with Crippen molar-refractivity contribution >= 4 is 17.0 Å². The summed E-state index contributed by atoms with van der Waals surface area (Å²) in [5.74, 6) is 2.07. The number of aromatic nitrogens is 5. The van der Waals surface area contributed by atoms with E-state index in [2.05, 4.69) is 34.1 Å². The molecule has 9 heteroatoms. The lowest BCUT2D eigenvalue weighted by Gasteiger charge is -2.13. The van der Waals surface area contributed by atoms with E-state index in [1.165, 1.54) is 0 Å². The fourth-order valence-corrected chi connectivity index (χ4v) is 3.78. The average Bonchev–Trinajstić information content (AvgIpc) is 3.40. The first-order valence-corrected chi connectivity index (χ1v) is 10.6. The van der Waals surface area contributed by atoms with E-state index in [9.17, 15) is 4.39 Å². The van der Waals surface area contributed by atoms with Crippen molar-refractivity contribution < 1.29 is 9.13 Å². The fourth-order valence-electron chi connectivity index (χ4n) is 3.78. The number of benzene rings is 1. The molecule has 0 saturated heterocycles. The van der Waals surface area contributed by atoms with E-state index in [0.29, 0.717) is 36.6 Å². The van der Waals surface area contributed by atoms with Gasteiger partial charge in [0.25, 0.3) is 0 Å². The molecule has 0 aliphatic rings. The number of halogens is 1. The standard InChI is InChI=1S/C23H28FN7O/c1-14(2)12-27-8-9-31-19(28-20-21(25)29-23(24)30-22(20)31)11-16-10-17(32-3)4-5-18(16)15-6-7-26-13-15/h4-7,10,13-14,26-27H,8-9,11-12H2,1-3H3,(H2,25,29,30). The number of hydrogen-bond acceptors (Lipinski definition) is 6. The zero-order chi connectivity index (χ0) is 22.7. The molecule has 168 valence electrons. The second-order valence-electron chi connectivity index (χ2n) is 8.13. The van der Waals surface area contributed by atoms with Crippen LogP contribution in [0.1, 0.15) is 25.2 Å². The van der Waals surface area contributed by atoms with Gasteiger partial charge in [-0.25, -0.2) is 4.98 Å². The molecule has 8 nitrogen and oxygen atoms in total. The summed E-state index contributed by atoms with van der Waals surface area (Å²) in [6.07, 6.45) is 3.48. The zero-order valence-electron chi connectivity index (χ0n) is 18.5. The van der Waals surface area contributed by atoms with E-state index in [1.54, 1.807) is 7.11 Å². The largest absolute Gasteiger partial charge is 0.497 e. The highest BCUT2D eigenvalue weighted by atomic mass is 19.1. The Kier molecular flexibility index (Phi) is 6.36. The Morgan fingerprint density at radius 2 is 2.06 bits per heavy atom. The second kappa shape index (κ2) is 9.35. The van der Waals surface area contributed by atoms with Crippen LogP contribution >= 0.6 is 0 Å². The van der Waals surface area contributed by atoms with E-state index < -0.39 is 6.08 Å². The second-order valence-corrected chi connectivity index (χ2v) is 8.13. The van der Waals surface area contributed by atoms with Gasteiger partial charge in [0.05, 0.1) is 7.11 Å². The quantitative estimate of drug-likeness (QED) is 0.274. The van der Waals surface area contributed by atoms with Gasteiger partial charge in [0, 0.05) is 31.9 Å². The Labute approximate surface area is 186 Å². The number of hydrogen-bond donors (Lipinski definition) is 3. The number of aromatic amines is 1. The van der Waals surface area contributed by atoms with Gasteiger partial charge in [-0.15, -0.1) is 0 Å². The lowest BCUT2D eigenvalue weighted by atomic mass is 9.99. The predicted molar refractivity (Wildman–Crippen MR) is 123 cm³/mol. The lowest BCUT2D eigenvalue weighted by molar-refractivity contribution is 0.414. The van der Waals surface area contributed by atoms with Crippen LogP contribution in [-0.4, -0.2) is 44.7 Å². The summed E-state index contributed by atoms with van der Waals surface area (Å²) in [6, 6.07) is 7.98. The van der Waals surface area contributed by atoms with Gasteiger partial charge in [0.2, 0.25) is 0 Å². The summed E-state index contributed by atoms with van der Waals surface area (Å²) < 4.78 is 21.4. The maximum atomic E-state index is 14.0. The van der Waals surface area contributed by atoms with Crippen LogP contribution in [0.3, 0.4) is 0 Å². The summed E-state index contributed by atoms with van der Waals surface area (Å²) in [7, 11) is 1.64. The number of nitrogens with two attached hydrogens (primary N) is 1. The zero-order valence-corrected chi connectivity index (χ0v) is 18.5. The molecule has 0 atom stereocenters. The number of imidazole rings is 1. The van der Waals surface area contributed by atoms with Gasteiger partial charge in [-0.1, -0.05) is 19.9 Å². The summed E-state index contributed by atoms with van der Waals surface area (Å²) >= 11 is 0. The molecule has 4 N–H and O–H groups in total. The molecular weight excluding hydrogens is 409 g/mol. The van der Waals surface area contributed by atoms with Crippen molar-refractivity contribution in [1.29, 1.82) is 0 Å². The van der Waals surface area contributed by atoms with E-state index >= 15 is 0 Å². The number of anilines is 1. The van der Waals surface area contributed by atoms with Crippen molar-refractivity contribution in [3.63, 3.8) is 0 Å². The van der Waals surface area contributed by atoms with Crippen LogP contribution in [0.25, 0.3) is 22.3 Å². The molecule has 0 saturated carbocycles. The van der Waals surface area contributed by atoms with Crippen LogP contribution in [0.15, 0.2) is 36.7 Å². The molecule has 0 spiro atoms. The molecule has 4 rings (SSSR count). The first-order valence-electron chi connectivity index (χ1n) is 10.6. The van der Waals surface area contributed by atoms with E-state index in [4.69, 9.17) is 15.5 Å². The molecule has 32 heavy (non-hydrogen) atoms. The Morgan fingerprint density at radius 3 is 2.78 bits per heavy atom. The van der Waals surface area contributed by atoms with Crippen molar-refractivity contribution in [2.75, 3.05) is 25.9 Å². The summed E-state index contributed by atoms with van der Waals surface area (Å²) in [4.78, 5) is 15.5. The van der Waals surface area contributed by atoms with Crippen molar-refractivity contribution in [2.45, 2.75) is 26.8 Å². The van der Waals surface area contributed by atoms with Gasteiger partial charge in [-0.3, -0.25) is 0 Å². The summed E-state index contributed by atoms with van der Waals surface area (Å²) in [5, 5.41) is 3.42. The molecule has 1 aromatic carbocycles. The van der Waals surface area contributed by atoms with Gasteiger partial charge in [-0.05, 0) is 47.4 Å². The number of nitrogen functional groups attached to an aromatic ring is 1. The van der Waals surface area contributed by atoms with E-state index in [-0.39, 0.29) is 5.82 Å². The van der Waals surface area contributed by atoms with E-state index in [0.717, 1.165) is 34.8 Å². The summed E-state index contributed by atoms with van der Waals surface area (Å²) in [6.45, 7) is 6.48. The number of nitrogens with zero attached hydrogens (tertiary/aromatic N) is 4. The fraction of sp³-hybridized carbons (Fsp3) is 0.348. The highest BCUT2D eigenvalue weighted by Crippen LogP contribution is 2.30. The highest BCUT2D eigenvalue weighted by Gasteiger charge is 2.19. The number of nitrogens with one attached hydrogen (secondary N) is 2. The van der Waals surface area contributed by atoms with Gasteiger partial charge >= 0.3 is 6.08 Å². The van der Waals surface area contributed by atoms with Crippen LogP contribution in [0.5, 0.6) is 5.75 Å². The Balaban J connectivity index is 1.75. The predicted octanol–water partition coefficient (Wildman–Crippen LogP) is 3.39. The molecule has 0 radical (unpaired) electrons. The molecule has 0 aliphatic heterocycles. The third-order valence-electron chi connectivity index (χ3n) is 5.31. The highest BCUT2D eigenvalue weighted by molar-refractivity contribution is 5.82. The first-order chi connectivity index (χ1) is 15.5. The molecule has 3 heterocycles. The number of ether oxygens (including phenoxy) is 1. The minimum Gasteiger partial charge on any atom is -0.497 e. The number of rotatable bonds is 9. The normalized spacial score (nSPS) is 11.5. The summed E-state index contributed by atoms with van der Waals surface area (Å²) in [5.41, 5.74) is 9.95. The maximum Gasteiger partial charge on any atom is 0.312 e.